The van der Waals surface area contributed by atoms with E-state index in [0.29, 0.717) is 22.6 Å². The molecule has 0 saturated carbocycles. The van der Waals surface area contributed by atoms with Crippen LogP contribution in [-0.4, -0.2) is 26.8 Å². The highest BCUT2D eigenvalue weighted by Crippen LogP contribution is 2.25. The Morgan fingerprint density at radius 3 is 1.95 bits per heavy atom. The van der Waals surface area contributed by atoms with Crippen LogP contribution < -0.4 is 14.9 Å². The van der Waals surface area contributed by atoms with Crippen LogP contribution in [0.2, 0.25) is 0 Å². The van der Waals surface area contributed by atoms with Crippen molar-refractivity contribution >= 4 is 38.9 Å². The van der Waals surface area contributed by atoms with Gasteiger partial charge < -0.3 is 10.6 Å². The first-order valence-corrected chi connectivity index (χ1v) is 14.9. The highest BCUT2D eigenvalue weighted by atomic mass is 32.2. The molecule has 0 aliphatic rings. The highest BCUT2D eigenvalue weighted by molar-refractivity contribution is 7.92. The van der Waals surface area contributed by atoms with Crippen molar-refractivity contribution in [3.63, 3.8) is 0 Å². The third-order valence-electron chi connectivity index (χ3n) is 6.67. The molecule has 0 aliphatic heterocycles. The van der Waals surface area contributed by atoms with E-state index in [1.54, 1.807) is 66.7 Å². The van der Waals surface area contributed by atoms with Crippen LogP contribution in [0.4, 0.5) is 17.1 Å². The molecule has 0 fully saturated rings. The lowest BCUT2D eigenvalue weighted by atomic mass is 9.87. The average Bonchev–Trinajstić information content (AvgIpc) is 2.96. The largest absolute Gasteiger partial charge is 0.324 e. The topological polar surface area (TPSA) is 95.6 Å². The van der Waals surface area contributed by atoms with Crippen molar-refractivity contribution in [2.75, 3.05) is 21.5 Å². The molecule has 2 N–H and O–H groups in total. The Balaban J connectivity index is 1.50. The number of carbonyl (C=O) groups excluding carboxylic acids is 2. The molecule has 0 aromatic heterocycles. The fourth-order valence-electron chi connectivity index (χ4n) is 4.26. The minimum absolute atomic E-state index is 0.0173. The van der Waals surface area contributed by atoms with Crippen molar-refractivity contribution in [1.29, 1.82) is 0 Å². The molecule has 7 nitrogen and oxygen atoms in total. The SMILES string of the molecule is CCc1ccc(N(CC(=O)Nc2cccc(NC(=O)c3ccc(C(C)(C)C)cc3)c2)S(=O)(=O)c2ccccc2)cc1. The lowest BCUT2D eigenvalue weighted by Crippen LogP contribution is -2.38. The number of benzene rings is 4. The summed E-state index contributed by atoms with van der Waals surface area (Å²) >= 11 is 0. The Bertz CT molecular complexity index is 1610. The zero-order chi connectivity index (χ0) is 29.6. The minimum atomic E-state index is -4.01. The van der Waals surface area contributed by atoms with Gasteiger partial charge in [-0.2, -0.15) is 0 Å². The second-order valence-corrected chi connectivity index (χ2v) is 12.6. The summed E-state index contributed by atoms with van der Waals surface area (Å²) in [5.41, 5.74) is 3.99. The van der Waals surface area contributed by atoms with Gasteiger partial charge in [-0.25, -0.2) is 8.42 Å². The van der Waals surface area contributed by atoms with E-state index in [2.05, 4.69) is 31.4 Å². The quantitative estimate of drug-likeness (QED) is 0.236. The maximum atomic E-state index is 13.6. The van der Waals surface area contributed by atoms with Gasteiger partial charge in [-0.3, -0.25) is 13.9 Å². The standard InChI is InChI=1S/C33H35N3O4S/c1-5-24-14-20-29(21-15-24)36(41(39,40)30-12-7-6-8-13-30)23-31(37)34-27-10-9-11-28(22-27)35-32(38)25-16-18-26(19-17-25)33(2,3)4/h6-22H,5,23H2,1-4H3,(H,34,37)(H,35,38). The molecule has 4 aromatic rings. The molecule has 4 rings (SSSR count). The van der Waals surface area contributed by atoms with E-state index in [9.17, 15) is 18.0 Å². The molecule has 0 bridgehead atoms. The van der Waals surface area contributed by atoms with Crippen LogP contribution in [0.3, 0.4) is 0 Å². The Labute approximate surface area is 242 Å². The van der Waals surface area contributed by atoms with Crippen LogP contribution in [-0.2, 0) is 26.7 Å². The van der Waals surface area contributed by atoms with Crippen molar-refractivity contribution in [2.45, 2.75) is 44.4 Å². The molecular formula is C33H35N3O4S. The fourth-order valence-corrected chi connectivity index (χ4v) is 5.71. The first-order valence-electron chi connectivity index (χ1n) is 13.5. The lowest BCUT2D eigenvalue weighted by molar-refractivity contribution is -0.114. The third kappa shape index (κ3) is 7.41. The van der Waals surface area contributed by atoms with Crippen molar-refractivity contribution in [2.24, 2.45) is 0 Å². The van der Waals surface area contributed by atoms with Gasteiger partial charge in [0, 0.05) is 16.9 Å². The van der Waals surface area contributed by atoms with Gasteiger partial charge in [0.15, 0.2) is 0 Å². The third-order valence-corrected chi connectivity index (χ3v) is 8.46. The number of rotatable bonds is 9. The Morgan fingerprint density at radius 1 is 0.756 bits per heavy atom. The fraction of sp³-hybridized carbons (Fsp3) is 0.212. The second-order valence-electron chi connectivity index (χ2n) is 10.8. The van der Waals surface area contributed by atoms with Crippen LogP contribution in [0.5, 0.6) is 0 Å². The van der Waals surface area contributed by atoms with E-state index < -0.39 is 22.5 Å². The molecule has 0 aliphatic carbocycles. The summed E-state index contributed by atoms with van der Waals surface area (Å²) in [6.45, 7) is 7.92. The first kappa shape index (κ1) is 29.6. The minimum Gasteiger partial charge on any atom is -0.324 e. The van der Waals surface area contributed by atoms with E-state index in [-0.39, 0.29) is 16.2 Å². The molecule has 0 atom stereocenters. The monoisotopic (exact) mass is 569 g/mol. The predicted octanol–water partition coefficient (Wildman–Crippen LogP) is 6.63. The maximum Gasteiger partial charge on any atom is 0.264 e. The van der Waals surface area contributed by atoms with Gasteiger partial charge in [0.1, 0.15) is 6.54 Å². The molecule has 0 radical (unpaired) electrons. The first-order chi connectivity index (χ1) is 19.5. The summed E-state index contributed by atoms with van der Waals surface area (Å²) in [6.07, 6.45) is 0.807. The summed E-state index contributed by atoms with van der Waals surface area (Å²) < 4.78 is 28.2. The van der Waals surface area contributed by atoms with Crippen LogP contribution in [0, 0.1) is 0 Å². The summed E-state index contributed by atoms with van der Waals surface area (Å²) in [4.78, 5) is 26.1. The Hall–Kier alpha value is -4.43. The van der Waals surface area contributed by atoms with Gasteiger partial charge >= 0.3 is 0 Å². The smallest absolute Gasteiger partial charge is 0.264 e. The number of carbonyl (C=O) groups is 2. The number of anilines is 3. The summed E-state index contributed by atoms with van der Waals surface area (Å²) in [5, 5.41) is 5.63. The summed E-state index contributed by atoms with van der Waals surface area (Å²) in [6, 6.07) is 29.3. The predicted molar refractivity (Wildman–Crippen MR) is 165 cm³/mol. The normalized spacial score (nSPS) is 11.5. The lowest BCUT2D eigenvalue weighted by Gasteiger charge is -2.24. The van der Waals surface area contributed by atoms with Gasteiger partial charge in [0.05, 0.1) is 10.6 Å². The highest BCUT2D eigenvalue weighted by Gasteiger charge is 2.27. The van der Waals surface area contributed by atoms with Crippen LogP contribution in [0.15, 0.2) is 108 Å². The van der Waals surface area contributed by atoms with E-state index in [1.165, 1.54) is 12.1 Å². The molecular weight excluding hydrogens is 534 g/mol. The van der Waals surface area contributed by atoms with E-state index >= 15 is 0 Å². The molecule has 0 saturated heterocycles. The summed E-state index contributed by atoms with van der Waals surface area (Å²) in [5.74, 6) is -0.796. The Morgan fingerprint density at radius 2 is 1.37 bits per heavy atom. The number of hydrogen-bond donors (Lipinski definition) is 2. The molecule has 41 heavy (non-hydrogen) atoms. The number of aryl methyl sites for hydroxylation is 1. The van der Waals surface area contributed by atoms with Crippen molar-refractivity contribution in [3.8, 4) is 0 Å². The zero-order valence-corrected chi connectivity index (χ0v) is 24.5. The molecule has 0 spiro atoms. The van der Waals surface area contributed by atoms with Crippen molar-refractivity contribution in [1.82, 2.24) is 0 Å². The van der Waals surface area contributed by atoms with Gasteiger partial charge in [0.2, 0.25) is 5.91 Å². The molecule has 212 valence electrons. The van der Waals surface area contributed by atoms with E-state index in [0.717, 1.165) is 21.9 Å². The molecule has 0 heterocycles. The number of amides is 2. The molecule has 2 amide bonds. The van der Waals surface area contributed by atoms with Gasteiger partial charge in [-0.1, -0.05) is 76.2 Å². The maximum absolute atomic E-state index is 13.6. The van der Waals surface area contributed by atoms with E-state index in [1.807, 2.05) is 31.2 Å². The Kier molecular flexibility index (Phi) is 8.93. The summed E-state index contributed by atoms with van der Waals surface area (Å²) in [7, 11) is -4.01. The number of hydrogen-bond acceptors (Lipinski definition) is 4. The van der Waals surface area contributed by atoms with E-state index in [4.69, 9.17) is 0 Å². The van der Waals surface area contributed by atoms with Crippen LogP contribution in [0.1, 0.15) is 49.2 Å². The zero-order valence-electron chi connectivity index (χ0n) is 23.7. The number of nitrogens with zero attached hydrogens (tertiary/aromatic N) is 1. The number of nitrogens with one attached hydrogen (secondary N) is 2. The second kappa shape index (κ2) is 12.4. The van der Waals surface area contributed by atoms with Crippen molar-refractivity contribution in [3.05, 3.63) is 120 Å². The molecule has 0 unspecified atom stereocenters. The van der Waals surface area contributed by atoms with Crippen molar-refractivity contribution < 1.29 is 18.0 Å². The average molecular weight is 570 g/mol. The van der Waals surface area contributed by atoms with Gasteiger partial charge in [-0.15, -0.1) is 0 Å². The van der Waals surface area contributed by atoms with Gasteiger partial charge in [0.25, 0.3) is 15.9 Å². The van der Waals surface area contributed by atoms with Crippen LogP contribution >= 0.6 is 0 Å². The van der Waals surface area contributed by atoms with Crippen LogP contribution in [0.25, 0.3) is 0 Å². The number of sulfonamides is 1. The molecule has 4 aromatic carbocycles. The van der Waals surface area contributed by atoms with Gasteiger partial charge in [-0.05, 0) is 77.6 Å². The molecule has 8 heteroatoms.